The molecule has 33 heavy (non-hydrogen) atoms. The maximum Gasteiger partial charge on any atom is 0.289 e. The zero-order valence-electron chi connectivity index (χ0n) is 17.4. The highest BCUT2D eigenvalue weighted by atomic mass is 35.5. The molecule has 1 aromatic heterocycles. The highest BCUT2D eigenvalue weighted by Crippen LogP contribution is 2.31. The Bertz CT molecular complexity index is 1190. The second-order valence-electron chi connectivity index (χ2n) is 6.68. The van der Waals surface area contributed by atoms with Crippen molar-refractivity contribution in [1.29, 1.82) is 0 Å². The second kappa shape index (κ2) is 10.8. The lowest BCUT2D eigenvalue weighted by Gasteiger charge is -2.16. The third-order valence-electron chi connectivity index (χ3n) is 4.38. The largest absolute Gasteiger partial charge is 0.481 e. The smallest absolute Gasteiger partial charge is 0.289 e. The third kappa shape index (κ3) is 6.12. The van der Waals surface area contributed by atoms with Gasteiger partial charge in [-0.3, -0.25) is 14.9 Å². The van der Waals surface area contributed by atoms with Crippen LogP contribution in [-0.4, -0.2) is 31.3 Å². The van der Waals surface area contributed by atoms with Crippen LogP contribution in [0.2, 0.25) is 10.0 Å². The van der Waals surface area contributed by atoms with E-state index in [1.165, 1.54) is 30.3 Å². The van der Waals surface area contributed by atoms with Crippen molar-refractivity contribution in [1.82, 2.24) is 14.8 Å². The van der Waals surface area contributed by atoms with E-state index in [2.05, 4.69) is 15.5 Å². The van der Waals surface area contributed by atoms with Crippen LogP contribution in [0.3, 0.4) is 0 Å². The molecule has 0 saturated carbocycles. The molecule has 0 aliphatic carbocycles. The summed E-state index contributed by atoms with van der Waals surface area (Å²) in [5.41, 5.74) is -0.0414. The molecule has 3 rings (SSSR count). The van der Waals surface area contributed by atoms with Gasteiger partial charge in [-0.2, -0.15) is 0 Å². The van der Waals surface area contributed by atoms with E-state index >= 15 is 0 Å². The molecule has 1 heterocycles. The highest BCUT2D eigenvalue weighted by molar-refractivity contribution is 7.99. The number of thioether (sulfide) groups is 1. The van der Waals surface area contributed by atoms with Gasteiger partial charge < -0.3 is 14.6 Å². The molecule has 0 spiro atoms. The number of nitro benzene ring substituents is 1. The van der Waals surface area contributed by atoms with Crippen LogP contribution in [0, 0.1) is 15.9 Å². The summed E-state index contributed by atoms with van der Waals surface area (Å²) in [5.74, 6) is -0.0442. The number of amides is 1. The number of nitrogens with zero attached hydrogens (tertiary/aromatic N) is 4. The Morgan fingerprint density at radius 3 is 2.70 bits per heavy atom. The molecule has 2 aromatic carbocycles. The summed E-state index contributed by atoms with van der Waals surface area (Å²) in [5, 5.41) is 22.5. The lowest BCUT2D eigenvalue weighted by molar-refractivity contribution is -0.384. The zero-order valence-corrected chi connectivity index (χ0v) is 19.7. The monoisotopic (exact) mass is 513 g/mol. The molecule has 0 bridgehead atoms. The number of hydrogen-bond acceptors (Lipinski definition) is 7. The van der Waals surface area contributed by atoms with Gasteiger partial charge in [-0.15, -0.1) is 10.2 Å². The first kappa shape index (κ1) is 24.7. The maximum atomic E-state index is 13.3. The average Bonchev–Trinajstić information content (AvgIpc) is 3.18. The number of aromatic nitrogens is 3. The van der Waals surface area contributed by atoms with Crippen LogP contribution in [0.4, 0.5) is 15.8 Å². The first-order chi connectivity index (χ1) is 15.7. The van der Waals surface area contributed by atoms with E-state index in [1.807, 2.05) is 6.92 Å². The summed E-state index contributed by atoms with van der Waals surface area (Å²) < 4.78 is 20.8. The van der Waals surface area contributed by atoms with Gasteiger partial charge in [0.15, 0.2) is 17.1 Å². The van der Waals surface area contributed by atoms with Crippen LogP contribution in [0.15, 0.2) is 41.6 Å². The van der Waals surface area contributed by atoms with E-state index in [1.54, 1.807) is 11.5 Å². The summed E-state index contributed by atoms with van der Waals surface area (Å²) in [6.45, 7) is 4.16. The molecule has 13 heteroatoms. The van der Waals surface area contributed by atoms with Crippen LogP contribution in [0.1, 0.15) is 25.8 Å². The van der Waals surface area contributed by atoms with Gasteiger partial charge in [-0.1, -0.05) is 35.0 Å². The van der Waals surface area contributed by atoms with E-state index in [0.717, 1.165) is 17.8 Å². The average molecular weight is 514 g/mol. The Morgan fingerprint density at radius 2 is 2.03 bits per heavy atom. The van der Waals surface area contributed by atoms with E-state index in [0.29, 0.717) is 23.3 Å². The Morgan fingerprint density at radius 1 is 1.27 bits per heavy atom. The normalized spacial score (nSPS) is 11.8. The molecule has 1 unspecified atom stereocenters. The predicted octanol–water partition coefficient (Wildman–Crippen LogP) is 5.52. The van der Waals surface area contributed by atoms with Crippen LogP contribution >= 0.6 is 35.0 Å². The lowest BCUT2D eigenvalue weighted by Crippen LogP contribution is -2.15. The number of rotatable bonds is 9. The van der Waals surface area contributed by atoms with E-state index in [4.69, 9.17) is 27.9 Å². The molecule has 1 amide bonds. The molecule has 1 N–H and O–H groups in total. The number of carbonyl (C=O) groups excluding carboxylic acids is 1. The van der Waals surface area contributed by atoms with Crippen molar-refractivity contribution >= 4 is 52.2 Å². The van der Waals surface area contributed by atoms with Gasteiger partial charge in [0, 0.05) is 18.3 Å². The van der Waals surface area contributed by atoms with Crippen molar-refractivity contribution in [3.05, 3.63) is 68.2 Å². The fourth-order valence-electron chi connectivity index (χ4n) is 2.88. The highest BCUT2D eigenvalue weighted by Gasteiger charge is 2.21. The minimum absolute atomic E-state index is 0.00636. The molecule has 0 aliphatic rings. The number of hydrogen-bond donors (Lipinski definition) is 1. The number of carbonyl (C=O) groups is 1. The summed E-state index contributed by atoms with van der Waals surface area (Å²) in [6.07, 6.45) is -0.543. The van der Waals surface area contributed by atoms with Crippen molar-refractivity contribution in [2.75, 3.05) is 11.1 Å². The molecule has 0 aliphatic heterocycles. The first-order valence-electron chi connectivity index (χ1n) is 9.61. The summed E-state index contributed by atoms with van der Waals surface area (Å²) in [4.78, 5) is 22.7. The Kier molecular flexibility index (Phi) is 8.11. The Hall–Kier alpha value is -2.89. The van der Waals surface area contributed by atoms with Crippen LogP contribution in [0.5, 0.6) is 5.75 Å². The van der Waals surface area contributed by atoms with Crippen LogP contribution in [0.25, 0.3) is 0 Å². The van der Waals surface area contributed by atoms with Gasteiger partial charge >= 0.3 is 0 Å². The SMILES string of the molecule is CCn1c(SCC(=O)Nc2ccc(Cl)c([N+](=O)[O-])c2)nnc1C(C)Oc1ccc(F)cc1Cl. The summed E-state index contributed by atoms with van der Waals surface area (Å²) in [6, 6.07) is 7.84. The summed E-state index contributed by atoms with van der Waals surface area (Å²) in [7, 11) is 0. The number of halogens is 3. The van der Waals surface area contributed by atoms with E-state index in [9.17, 15) is 19.3 Å². The zero-order chi connectivity index (χ0) is 24.1. The van der Waals surface area contributed by atoms with Gasteiger partial charge in [0.25, 0.3) is 5.69 Å². The quantitative estimate of drug-likeness (QED) is 0.227. The minimum Gasteiger partial charge on any atom is -0.481 e. The molecule has 3 aromatic rings. The third-order valence-corrected chi connectivity index (χ3v) is 5.96. The van der Waals surface area contributed by atoms with Gasteiger partial charge in [-0.05, 0) is 44.2 Å². The number of ether oxygens (including phenoxy) is 1. The fourth-order valence-corrected chi connectivity index (χ4v) is 4.08. The van der Waals surface area contributed by atoms with Gasteiger partial charge in [0.2, 0.25) is 5.91 Å². The topological polar surface area (TPSA) is 112 Å². The van der Waals surface area contributed by atoms with E-state index in [-0.39, 0.29) is 33.1 Å². The van der Waals surface area contributed by atoms with Gasteiger partial charge in [0.1, 0.15) is 16.6 Å². The number of nitro groups is 1. The molecule has 9 nitrogen and oxygen atoms in total. The van der Waals surface area contributed by atoms with Crippen molar-refractivity contribution in [3.8, 4) is 5.75 Å². The molecule has 0 fully saturated rings. The Labute approximate surface area is 202 Å². The van der Waals surface area contributed by atoms with E-state index < -0.39 is 16.8 Å². The molecule has 174 valence electrons. The van der Waals surface area contributed by atoms with Crippen LogP contribution < -0.4 is 10.1 Å². The molecule has 0 radical (unpaired) electrons. The standard InChI is InChI=1S/C20H18Cl2FN5O4S/c1-3-27-19(11(2)32-17-7-4-12(23)8-15(17)22)25-26-20(27)33-10-18(29)24-13-5-6-14(21)16(9-13)28(30)31/h4-9,11H,3,10H2,1-2H3,(H,24,29). The molecule has 0 saturated heterocycles. The van der Waals surface area contributed by atoms with Crippen molar-refractivity contribution < 1.29 is 18.8 Å². The number of benzene rings is 2. The fraction of sp³-hybridized carbons (Fsp3) is 0.250. The maximum absolute atomic E-state index is 13.3. The molecular weight excluding hydrogens is 496 g/mol. The van der Waals surface area contributed by atoms with Crippen molar-refractivity contribution in [2.45, 2.75) is 31.7 Å². The van der Waals surface area contributed by atoms with Gasteiger partial charge in [0.05, 0.1) is 15.7 Å². The van der Waals surface area contributed by atoms with Gasteiger partial charge in [-0.25, -0.2) is 4.39 Å². The summed E-state index contributed by atoms with van der Waals surface area (Å²) >= 11 is 13.0. The number of nitrogens with one attached hydrogen (secondary N) is 1. The van der Waals surface area contributed by atoms with Crippen molar-refractivity contribution in [3.63, 3.8) is 0 Å². The van der Waals surface area contributed by atoms with Crippen molar-refractivity contribution in [2.24, 2.45) is 0 Å². The van der Waals surface area contributed by atoms with Crippen LogP contribution in [-0.2, 0) is 11.3 Å². The molecule has 1 atom stereocenters. The Balaban J connectivity index is 1.65. The number of anilines is 1. The lowest BCUT2D eigenvalue weighted by atomic mass is 10.3. The molecular formula is C20H18Cl2FN5O4S. The predicted molar refractivity (Wildman–Crippen MR) is 124 cm³/mol. The minimum atomic E-state index is -0.625. The second-order valence-corrected chi connectivity index (χ2v) is 8.44. The first-order valence-corrected chi connectivity index (χ1v) is 11.3.